The Kier molecular flexibility index (Phi) is 10.6. The lowest BCUT2D eigenvalue weighted by molar-refractivity contribution is -0.0332. The number of amides is 2. The molecule has 33 heavy (non-hydrogen) atoms. The van der Waals surface area contributed by atoms with E-state index < -0.39 is 38.0 Å². The molecular formula is C20H33ClN3O8P. The fraction of sp³-hybridized carbons (Fsp3) is 0.650. The summed E-state index contributed by atoms with van der Waals surface area (Å²) in [4.78, 5) is 30.9. The SMILES string of the molecule is CN(Cc1cccnc1N(C)C(=O)OCCl)C(=O)OCOP(=O)(OC(C)(C)C)OC(C)(C)C. The summed E-state index contributed by atoms with van der Waals surface area (Å²) in [6.07, 6.45) is 0.0307. The quantitative estimate of drug-likeness (QED) is 0.253. The highest BCUT2D eigenvalue weighted by Gasteiger charge is 2.37. The number of anilines is 1. The molecule has 0 aromatic carbocycles. The molecule has 13 heteroatoms. The van der Waals surface area contributed by atoms with Gasteiger partial charge in [-0.05, 0) is 47.6 Å². The lowest BCUT2D eigenvalue weighted by Gasteiger charge is -2.30. The number of hydrogen-bond acceptors (Lipinski definition) is 9. The second-order valence-corrected chi connectivity index (χ2v) is 10.7. The molecule has 0 spiro atoms. The van der Waals surface area contributed by atoms with Gasteiger partial charge in [0.05, 0.1) is 17.7 Å². The number of halogens is 1. The molecule has 1 aromatic rings. The van der Waals surface area contributed by atoms with Crippen LogP contribution in [0.15, 0.2) is 18.3 Å². The zero-order valence-electron chi connectivity index (χ0n) is 20.3. The third kappa shape index (κ3) is 10.7. The molecule has 0 unspecified atom stereocenters. The number of rotatable bonds is 9. The van der Waals surface area contributed by atoms with E-state index in [1.54, 1.807) is 53.7 Å². The Labute approximate surface area is 199 Å². The number of alkyl halides is 1. The molecule has 0 aliphatic rings. The van der Waals surface area contributed by atoms with E-state index >= 15 is 0 Å². The lowest BCUT2D eigenvalue weighted by atomic mass is 10.2. The second kappa shape index (κ2) is 12.0. The Morgan fingerprint density at radius 3 is 2.12 bits per heavy atom. The number of phosphoric acid groups is 1. The van der Waals surface area contributed by atoms with E-state index in [0.717, 1.165) is 0 Å². The smallest absolute Gasteiger partial charge is 0.433 e. The van der Waals surface area contributed by atoms with Crippen LogP contribution in [0.1, 0.15) is 47.1 Å². The van der Waals surface area contributed by atoms with Gasteiger partial charge >= 0.3 is 20.0 Å². The van der Waals surface area contributed by atoms with Gasteiger partial charge < -0.3 is 14.4 Å². The predicted molar refractivity (Wildman–Crippen MR) is 123 cm³/mol. The summed E-state index contributed by atoms with van der Waals surface area (Å²) < 4.78 is 39.0. The molecule has 0 N–H and O–H groups in total. The summed E-state index contributed by atoms with van der Waals surface area (Å²) in [6.45, 7) is 9.56. The molecular weight excluding hydrogens is 477 g/mol. The average Bonchev–Trinajstić information content (AvgIpc) is 2.64. The van der Waals surface area contributed by atoms with Crippen LogP contribution in [-0.2, 0) is 34.2 Å². The van der Waals surface area contributed by atoms with Crippen molar-refractivity contribution in [3.8, 4) is 0 Å². The fourth-order valence-electron chi connectivity index (χ4n) is 2.40. The molecule has 0 radical (unpaired) electrons. The Bertz CT molecular complexity index is 836. The van der Waals surface area contributed by atoms with Gasteiger partial charge in [-0.3, -0.25) is 13.9 Å². The van der Waals surface area contributed by atoms with Crippen molar-refractivity contribution < 1.29 is 37.2 Å². The molecule has 0 atom stereocenters. The Morgan fingerprint density at radius 1 is 1.03 bits per heavy atom. The van der Waals surface area contributed by atoms with Crippen molar-refractivity contribution >= 4 is 37.4 Å². The van der Waals surface area contributed by atoms with Crippen LogP contribution in [0.5, 0.6) is 0 Å². The van der Waals surface area contributed by atoms with Crippen LogP contribution in [0.4, 0.5) is 15.4 Å². The third-order valence-electron chi connectivity index (χ3n) is 3.52. The first-order chi connectivity index (χ1) is 15.1. The van der Waals surface area contributed by atoms with E-state index in [1.807, 2.05) is 0 Å². The van der Waals surface area contributed by atoms with E-state index in [0.29, 0.717) is 5.56 Å². The van der Waals surface area contributed by atoms with Crippen LogP contribution >= 0.6 is 19.4 Å². The van der Waals surface area contributed by atoms with Crippen LogP contribution in [0.2, 0.25) is 0 Å². The zero-order chi connectivity index (χ0) is 25.4. The summed E-state index contributed by atoms with van der Waals surface area (Å²) in [5, 5.41) is 0. The van der Waals surface area contributed by atoms with Crippen molar-refractivity contribution in [2.45, 2.75) is 59.3 Å². The number of carbonyl (C=O) groups is 2. The first-order valence-corrected chi connectivity index (χ1v) is 12.0. The van der Waals surface area contributed by atoms with Gasteiger partial charge in [0, 0.05) is 25.9 Å². The van der Waals surface area contributed by atoms with Crippen molar-refractivity contribution in [3.63, 3.8) is 0 Å². The molecule has 0 saturated carbocycles. The van der Waals surface area contributed by atoms with E-state index in [-0.39, 0.29) is 18.4 Å². The minimum absolute atomic E-state index is 0.0507. The molecule has 1 heterocycles. The van der Waals surface area contributed by atoms with Gasteiger partial charge in [-0.1, -0.05) is 17.7 Å². The minimum Gasteiger partial charge on any atom is -0.433 e. The van der Waals surface area contributed by atoms with E-state index in [1.165, 1.54) is 30.1 Å². The number of aromatic nitrogens is 1. The molecule has 2 amide bonds. The van der Waals surface area contributed by atoms with E-state index in [9.17, 15) is 14.2 Å². The Hall–Kier alpha value is -1.91. The number of hydrogen-bond donors (Lipinski definition) is 0. The van der Waals surface area contributed by atoms with Crippen LogP contribution in [0.25, 0.3) is 0 Å². The molecule has 1 rings (SSSR count). The third-order valence-corrected chi connectivity index (χ3v) is 5.59. The van der Waals surface area contributed by atoms with Crippen LogP contribution < -0.4 is 4.90 Å². The highest BCUT2D eigenvalue weighted by Crippen LogP contribution is 2.55. The van der Waals surface area contributed by atoms with Crippen molar-refractivity contribution in [1.82, 2.24) is 9.88 Å². The molecule has 0 saturated heterocycles. The van der Waals surface area contributed by atoms with Gasteiger partial charge in [-0.2, -0.15) is 0 Å². The van der Waals surface area contributed by atoms with Crippen molar-refractivity contribution in [2.24, 2.45) is 0 Å². The summed E-state index contributed by atoms with van der Waals surface area (Å²) in [5.74, 6) is 0.283. The van der Waals surface area contributed by atoms with Gasteiger partial charge in [0.25, 0.3) is 0 Å². The Balaban J connectivity index is 2.80. The lowest BCUT2D eigenvalue weighted by Crippen LogP contribution is -2.32. The number of phosphoric ester groups is 1. The maximum absolute atomic E-state index is 13.0. The highest BCUT2D eigenvalue weighted by atomic mass is 35.5. The maximum atomic E-state index is 13.0. The van der Waals surface area contributed by atoms with Gasteiger partial charge in [0.15, 0.2) is 6.07 Å². The fourth-order valence-corrected chi connectivity index (χ4v) is 4.16. The van der Waals surface area contributed by atoms with Crippen molar-refractivity contribution in [2.75, 3.05) is 31.9 Å². The first-order valence-electron chi connectivity index (χ1n) is 10.0. The van der Waals surface area contributed by atoms with Gasteiger partial charge in [0.2, 0.25) is 6.79 Å². The number of pyridine rings is 1. The molecule has 0 bridgehead atoms. The van der Waals surface area contributed by atoms with E-state index in [4.69, 9.17) is 34.6 Å². The van der Waals surface area contributed by atoms with Gasteiger partial charge in [-0.25, -0.2) is 23.7 Å². The number of ether oxygens (including phenoxy) is 2. The largest absolute Gasteiger partial charge is 0.478 e. The topological polar surface area (TPSA) is 117 Å². The molecule has 188 valence electrons. The molecule has 11 nitrogen and oxygen atoms in total. The number of carbonyl (C=O) groups excluding carboxylic acids is 2. The minimum atomic E-state index is -4.03. The summed E-state index contributed by atoms with van der Waals surface area (Å²) >= 11 is 5.44. The zero-order valence-corrected chi connectivity index (χ0v) is 21.9. The maximum Gasteiger partial charge on any atom is 0.478 e. The van der Waals surface area contributed by atoms with Gasteiger partial charge in [0.1, 0.15) is 5.82 Å². The van der Waals surface area contributed by atoms with Crippen molar-refractivity contribution in [3.05, 3.63) is 23.9 Å². The molecule has 0 fully saturated rings. The highest BCUT2D eigenvalue weighted by molar-refractivity contribution is 7.48. The Morgan fingerprint density at radius 2 is 1.61 bits per heavy atom. The molecule has 0 aliphatic heterocycles. The molecule has 1 aromatic heterocycles. The van der Waals surface area contributed by atoms with Crippen LogP contribution in [0, 0.1) is 0 Å². The van der Waals surface area contributed by atoms with Gasteiger partial charge in [-0.15, -0.1) is 0 Å². The summed E-state index contributed by atoms with van der Waals surface area (Å²) in [5.41, 5.74) is -1.10. The first kappa shape index (κ1) is 29.1. The summed E-state index contributed by atoms with van der Waals surface area (Å²) in [6, 6.07) is 3.04. The van der Waals surface area contributed by atoms with Crippen molar-refractivity contribution in [1.29, 1.82) is 0 Å². The summed E-state index contributed by atoms with van der Waals surface area (Å²) in [7, 11) is -1.08. The standard InChI is InChI=1S/C20H33ClN3O8P/c1-19(2,3)31-33(27,32-20(4,5)6)30-14-29-17(25)23(7)12-15-10-9-11-22-16(15)24(8)18(26)28-13-21/h9-11H,12-14H2,1-8H3. The monoisotopic (exact) mass is 509 g/mol. The normalized spacial score (nSPS) is 12.3. The van der Waals surface area contributed by atoms with Crippen LogP contribution in [0.3, 0.4) is 0 Å². The molecule has 0 aliphatic carbocycles. The predicted octanol–water partition coefficient (Wildman–Crippen LogP) is 5.13. The second-order valence-electron chi connectivity index (χ2n) is 8.93. The number of nitrogens with zero attached hydrogens (tertiary/aromatic N) is 3. The van der Waals surface area contributed by atoms with Crippen LogP contribution in [-0.4, -0.2) is 60.2 Å². The average molecular weight is 510 g/mol. The van der Waals surface area contributed by atoms with E-state index in [2.05, 4.69) is 4.98 Å².